The number of hydrazine groups is 1. The summed E-state index contributed by atoms with van der Waals surface area (Å²) in [5.74, 6) is 0.816. The quantitative estimate of drug-likeness (QED) is 0.639. The molecule has 0 saturated carbocycles. The number of hydrogen-bond acceptors (Lipinski definition) is 4. The number of amides is 1. The van der Waals surface area contributed by atoms with Crippen LogP contribution in [-0.4, -0.2) is 32.1 Å². The van der Waals surface area contributed by atoms with Gasteiger partial charge in [-0.05, 0) is 37.4 Å². The Morgan fingerprint density at radius 1 is 1.24 bits per heavy atom. The predicted octanol–water partition coefficient (Wildman–Crippen LogP) is 0.568. The van der Waals surface area contributed by atoms with E-state index in [1.54, 1.807) is 0 Å². The molecule has 2 aliphatic rings. The molecular formula is C16H24N4O. The number of hydrogen-bond donors (Lipinski definition) is 4. The van der Waals surface area contributed by atoms with E-state index in [1.807, 2.05) is 18.2 Å². The lowest BCUT2D eigenvalue weighted by Gasteiger charge is -2.19. The predicted molar refractivity (Wildman–Crippen MR) is 82.4 cm³/mol. The van der Waals surface area contributed by atoms with E-state index in [0.29, 0.717) is 6.54 Å². The lowest BCUT2D eigenvalue weighted by atomic mass is 9.94. The first-order chi connectivity index (χ1) is 10.3. The third-order valence-corrected chi connectivity index (χ3v) is 4.49. The molecule has 3 atom stereocenters. The van der Waals surface area contributed by atoms with Gasteiger partial charge in [-0.2, -0.15) is 0 Å². The number of carbonyl (C=O) groups is 1. The van der Waals surface area contributed by atoms with Crippen LogP contribution in [0.2, 0.25) is 0 Å². The molecule has 0 aromatic heterocycles. The number of rotatable bonds is 5. The fraction of sp³-hybridized carbons (Fsp3) is 0.562. The first kappa shape index (κ1) is 14.5. The van der Waals surface area contributed by atoms with Crippen LogP contribution in [0, 0.1) is 11.8 Å². The summed E-state index contributed by atoms with van der Waals surface area (Å²) < 4.78 is 0. The highest BCUT2D eigenvalue weighted by Gasteiger charge is 2.33. The molecule has 5 heteroatoms. The van der Waals surface area contributed by atoms with Gasteiger partial charge in [-0.25, -0.2) is 5.43 Å². The van der Waals surface area contributed by atoms with Crippen LogP contribution < -0.4 is 21.5 Å². The van der Waals surface area contributed by atoms with Gasteiger partial charge in [0.05, 0.1) is 12.0 Å². The van der Waals surface area contributed by atoms with Crippen LogP contribution in [-0.2, 0) is 4.79 Å². The molecule has 2 fully saturated rings. The first-order valence-electron chi connectivity index (χ1n) is 7.86. The molecular weight excluding hydrogens is 264 g/mol. The molecule has 0 radical (unpaired) electrons. The summed E-state index contributed by atoms with van der Waals surface area (Å²) in [6.45, 7) is 3.67. The smallest absolute Gasteiger partial charge is 0.226 e. The molecule has 3 unspecified atom stereocenters. The Morgan fingerprint density at radius 3 is 2.86 bits per heavy atom. The molecule has 0 spiro atoms. The van der Waals surface area contributed by atoms with E-state index >= 15 is 0 Å². The van der Waals surface area contributed by atoms with Crippen molar-refractivity contribution in [1.29, 1.82) is 0 Å². The number of nitrogens with one attached hydrogen (secondary N) is 4. The van der Waals surface area contributed by atoms with Crippen molar-refractivity contribution in [1.82, 2.24) is 21.5 Å². The van der Waals surface area contributed by atoms with Crippen molar-refractivity contribution in [3.05, 3.63) is 35.9 Å². The maximum absolute atomic E-state index is 12.4. The molecule has 21 heavy (non-hydrogen) atoms. The van der Waals surface area contributed by atoms with Crippen molar-refractivity contribution in [2.24, 2.45) is 11.8 Å². The van der Waals surface area contributed by atoms with E-state index in [0.717, 1.165) is 37.5 Å². The number of carbonyl (C=O) groups excluding carboxylic acids is 1. The van der Waals surface area contributed by atoms with Crippen molar-refractivity contribution in [2.45, 2.75) is 18.9 Å². The lowest BCUT2D eigenvalue weighted by molar-refractivity contribution is -0.124. The fourth-order valence-electron chi connectivity index (χ4n) is 3.21. The molecule has 1 aromatic rings. The lowest BCUT2D eigenvalue weighted by Crippen LogP contribution is -2.36. The summed E-state index contributed by atoms with van der Waals surface area (Å²) in [7, 11) is 0. The van der Waals surface area contributed by atoms with Crippen molar-refractivity contribution >= 4 is 5.91 Å². The summed E-state index contributed by atoms with van der Waals surface area (Å²) in [5.41, 5.74) is 7.48. The highest BCUT2D eigenvalue weighted by molar-refractivity contribution is 5.80. The minimum absolute atomic E-state index is 0.0471. The first-order valence-corrected chi connectivity index (χ1v) is 7.86. The molecule has 1 amide bonds. The summed E-state index contributed by atoms with van der Waals surface area (Å²) in [6, 6.07) is 10.2. The minimum Gasteiger partial charge on any atom is -0.356 e. The Kier molecular flexibility index (Phi) is 4.85. The van der Waals surface area contributed by atoms with E-state index in [1.165, 1.54) is 6.42 Å². The summed E-state index contributed by atoms with van der Waals surface area (Å²) >= 11 is 0. The van der Waals surface area contributed by atoms with E-state index < -0.39 is 0 Å². The summed E-state index contributed by atoms with van der Waals surface area (Å²) in [6.07, 6.45) is 2.30. The van der Waals surface area contributed by atoms with Crippen molar-refractivity contribution in [3.8, 4) is 0 Å². The molecule has 1 aromatic carbocycles. The summed E-state index contributed by atoms with van der Waals surface area (Å²) in [4.78, 5) is 12.4. The van der Waals surface area contributed by atoms with Crippen LogP contribution >= 0.6 is 0 Å². The van der Waals surface area contributed by atoms with Crippen molar-refractivity contribution in [2.75, 3.05) is 26.2 Å². The van der Waals surface area contributed by atoms with Gasteiger partial charge in [-0.15, -0.1) is 0 Å². The zero-order valence-corrected chi connectivity index (χ0v) is 12.3. The Labute approximate surface area is 125 Å². The maximum Gasteiger partial charge on any atom is 0.226 e. The molecule has 3 rings (SSSR count). The van der Waals surface area contributed by atoms with Crippen molar-refractivity contribution < 1.29 is 4.79 Å². The second kappa shape index (κ2) is 7.02. The van der Waals surface area contributed by atoms with Gasteiger partial charge in [0, 0.05) is 13.1 Å². The average Bonchev–Trinajstić information content (AvgIpc) is 3.19. The normalized spacial score (nSPS) is 28.7. The van der Waals surface area contributed by atoms with Gasteiger partial charge in [0.15, 0.2) is 0 Å². The van der Waals surface area contributed by atoms with Gasteiger partial charge < -0.3 is 10.6 Å². The van der Waals surface area contributed by atoms with Crippen LogP contribution in [0.15, 0.2) is 30.3 Å². The van der Waals surface area contributed by atoms with Gasteiger partial charge in [0.2, 0.25) is 5.91 Å². The van der Waals surface area contributed by atoms with E-state index in [2.05, 4.69) is 33.6 Å². The molecule has 4 N–H and O–H groups in total. The fourth-order valence-corrected chi connectivity index (χ4v) is 3.21. The highest BCUT2D eigenvalue weighted by Crippen LogP contribution is 2.24. The second-order valence-electron chi connectivity index (χ2n) is 5.96. The number of benzene rings is 1. The van der Waals surface area contributed by atoms with Crippen LogP contribution in [0.3, 0.4) is 0 Å². The third-order valence-electron chi connectivity index (χ3n) is 4.49. The molecule has 5 nitrogen and oxygen atoms in total. The van der Waals surface area contributed by atoms with Gasteiger partial charge in [-0.3, -0.25) is 10.2 Å². The molecule has 0 bridgehead atoms. The van der Waals surface area contributed by atoms with Crippen LogP contribution in [0.1, 0.15) is 24.4 Å². The Hall–Kier alpha value is -1.43. The second-order valence-corrected chi connectivity index (χ2v) is 5.96. The average molecular weight is 288 g/mol. The Bertz CT molecular complexity index is 459. The van der Waals surface area contributed by atoms with Gasteiger partial charge in [0.25, 0.3) is 0 Å². The minimum atomic E-state index is -0.0471. The largest absolute Gasteiger partial charge is 0.356 e. The zero-order chi connectivity index (χ0) is 14.5. The molecule has 114 valence electrons. The SMILES string of the molecule is O=C(NCCC1CCNC1)C1CNNC1c1ccccc1. The Morgan fingerprint density at radius 2 is 2.10 bits per heavy atom. The molecule has 2 heterocycles. The molecule has 0 aliphatic carbocycles. The van der Waals surface area contributed by atoms with Crippen LogP contribution in [0.4, 0.5) is 0 Å². The monoisotopic (exact) mass is 288 g/mol. The van der Waals surface area contributed by atoms with Crippen LogP contribution in [0.5, 0.6) is 0 Å². The van der Waals surface area contributed by atoms with Gasteiger partial charge in [0.1, 0.15) is 0 Å². The van der Waals surface area contributed by atoms with Crippen LogP contribution in [0.25, 0.3) is 0 Å². The summed E-state index contributed by atoms with van der Waals surface area (Å²) in [5, 5.41) is 6.47. The maximum atomic E-state index is 12.4. The third kappa shape index (κ3) is 3.61. The zero-order valence-electron chi connectivity index (χ0n) is 12.3. The standard InChI is InChI=1S/C16H24N4O/c21-16(18-9-7-12-6-8-17-10-12)14-11-19-20-15(14)13-4-2-1-3-5-13/h1-5,12,14-15,17,19-20H,6-11H2,(H,18,21). The van der Waals surface area contributed by atoms with E-state index in [-0.39, 0.29) is 17.9 Å². The topological polar surface area (TPSA) is 65.2 Å². The van der Waals surface area contributed by atoms with Gasteiger partial charge >= 0.3 is 0 Å². The van der Waals surface area contributed by atoms with E-state index in [9.17, 15) is 4.79 Å². The molecule has 2 saturated heterocycles. The Balaban J connectivity index is 1.51. The highest BCUT2D eigenvalue weighted by atomic mass is 16.2. The van der Waals surface area contributed by atoms with E-state index in [4.69, 9.17) is 0 Å². The van der Waals surface area contributed by atoms with Crippen molar-refractivity contribution in [3.63, 3.8) is 0 Å². The molecule has 2 aliphatic heterocycles. The van der Waals surface area contributed by atoms with Gasteiger partial charge in [-0.1, -0.05) is 30.3 Å².